The van der Waals surface area contributed by atoms with Gasteiger partial charge in [-0.25, -0.2) is 9.78 Å². The summed E-state index contributed by atoms with van der Waals surface area (Å²) >= 11 is 6.62. The van der Waals surface area contributed by atoms with Gasteiger partial charge < -0.3 is 20.3 Å². The van der Waals surface area contributed by atoms with E-state index >= 15 is 0 Å². The van der Waals surface area contributed by atoms with Gasteiger partial charge in [0.05, 0.1) is 12.2 Å². The summed E-state index contributed by atoms with van der Waals surface area (Å²) < 4.78 is 6.03. The monoisotopic (exact) mass is 464 g/mol. The van der Waals surface area contributed by atoms with Crippen LogP contribution in [-0.2, 0) is 10.3 Å². The summed E-state index contributed by atoms with van der Waals surface area (Å²) in [5, 5.41) is 29.3. The molecule has 2 amide bonds. The third-order valence-corrected chi connectivity index (χ3v) is 6.29. The zero-order valence-electron chi connectivity index (χ0n) is 17.0. The number of carbonyl (C=O) groups is 2. The van der Waals surface area contributed by atoms with E-state index in [2.05, 4.69) is 20.9 Å². The van der Waals surface area contributed by atoms with E-state index in [1.165, 1.54) is 11.3 Å². The average molecular weight is 465 g/mol. The highest BCUT2D eigenvalue weighted by Crippen LogP contribution is 2.43. The van der Waals surface area contributed by atoms with E-state index in [4.69, 9.17) is 22.1 Å². The molecule has 2 atom stereocenters. The summed E-state index contributed by atoms with van der Waals surface area (Å²) in [7, 11) is 0. The second-order valence-electron chi connectivity index (χ2n) is 7.85. The van der Waals surface area contributed by atoms with E-state index in [1.54, 1.807) is 35.7 Å². The van der Waals surface area contributed by atoms with Crippen molar-refractivity contribution in [3.8, 4) is 0 Å². The second kappa shape index (κ2) is 9.27. The minimum absolute atomic E-state index is 0.0542. The molecule has 1 aromatic carbocycles. The molecule has 2 heterocycles. The van der Waals surface area contributed by atoms with Crippen LogP contribution in [0.15, 0.2) is 35.7 Å². The van der Waals surface area contributed by atoms with Crippen molar-refractivity contribution in [2.75, 3.05) is 18.5 Å². The molecule has 2 aromatic rings. The first kappa shape index (κ1) is 23.1. The highest BCUT2D eigenvalue weighted by atomic mass is 32.1. The van der Waals surface area contributed by atoms with Gasteiger partial charge in [0.1, 0.15) is 16.4 Å². The molecule has 0 unspecified atom stereocenters. The Bertz CT molecular complexity index is 965. The summed E-state index contributed by atoms with van der Waals surface area (Å²) in [5.41, 5.74) is -1.08. The highest BCUT2D eigenvalue weighted by Gasteiger charge is 2.50. The van der Waals surface area contributed by atoms with Crippen LogP contribution in [-0.4, -0.2) is 51.1 Å². The van der Waals surface area contributed by atoms with Gasteiger partial charge in [-0.3, -0.25) is 15.4 Å². The first-order valence-electron chi connectivity index (χ1n) is 9.54. The Morgan fingerprint density at radius 1 is 1.32 bits per heavy atom. The van der Waals surface area contributed by atoms with Gasteiger partial charge in [0.25, 0.3) is 5.91 Å². The van der Waals surface area contributed by atoms with Crippen LogP contribution in [0.25, 0.3) is 0 Å². The van der Waals surface area contributed by atoms with Crippen molar-refractivity contribution in [1.82, 2.24) is 15.6 Å². The van der Waals surface area contributed by atoms with Crippen LogP contribution in [0.4, 0.5) is 10.6 Å². The first-order valence-corrected chi connectivity index (χ1v) is 10.8. The van der Waals surface area contributed by atoms with Crippen LogP contribution < -0.4 is 16.0 Å². The van der Waals surface area contributed by atoms with Gasteiger partial charge in [0, 0.05) is 23.5 Å². The third-order valence-electron chi connectivity index (χ3n) is 5.07. The molecular weight excluding hydrogens is 440 g/mol. The third kappa shape index (κ3) is 5.37. The SMILES string of the molecule is CC1(C)C[C@@H](CO)[C@](NC(=S)NC(=O)c2ccccc2)(c2nc(NC(=O)O)cs2)CO1. The Labute approximate surface area is 188 Å². The van der Waals surface area contributed by atoms with E-state index in [0.717, 1.165) is 0 Å². The summed E-state index contributed by atoms with van der Waals surface area (Å²) in [6.07, 6.45) is -0.739. The molecule has 9 nitrogen and oxygen atoms in total. The number of benzene rings is 1. The second-order valence-corrected chi connectivity index (χ2v) is 9.11. The van der Waals surface area contributed by atoms with Crippen molar-refractivity contribution in [3.05, 3.63) is 46.3 Å². The largest absolute Gasteiger partial charge is 0.465 e. The molecule has 31 heavy (non-hydrogen) atoms. The topological polar surface area (TPSA) is 133 Å². The molecule has 0 spiro atoms. The number of ether oxygens (including phenoxy) is 1. The minimum Gasteiger partial charge on any atom is -0.465 e. The number of rotatable bonds is 5. The fraction of sp³-hybridized carbons (Fsp3) is 0.400. The number of nitrogens with one attached hydrogen (secondary N) is 3. The van der Waals surface area contributed by atoms with Crippen molar-refractivity contribution in [1.29, 1.82) is 0 Å². The molecule has 0 radical (unpaired) electrons. The fourth-order valence-electron chi connectivity index (χ4n) is 3.55. The Morgan fingerprint density at radius 3 is 2.68 bits per heavy atom. The predicted molar refractivity (Wildman–Crippen MR) is 120 cm³/mol. The van der Waals surface area contributed by atoms with Gasteiger partial charge in [-0.1, -0.05) is 18.2 Å². The van der Waals surface area contributed by atoms with Crippen LogP contribution in [0.5, 0.6) is 0 Å². The number of hydrogen-bond acceptors (Lipinski definition) is 7. The lowest BCUT2D eigenvalue weighted by Gasteiger charge is -2.48. The van der Waals surface area contributed by atoms with Crippen LogP contribution in [0.3, 0.4) is 0 Å². The zero-order valence-corrected chi connectivity index (χ0v) is 18.7. The van der Waals surface area contributed by atoms with Gasteiger partial charge in [0.15, 0.2) is 5.11 Å². The Hall–Kier alpha value is -2.60. The van der Waals surface area contributed by atoms with Crippen LogP contribution in [0, 0.1) is 5.92 Å². The maximum Gasteiger partial charge on any atom is 0.410 e. The van der Waals surface area contributed by atoms with E-state index < -0.39 is 17.2 Å². The molecular formula is C20H24N4O5S2. The number of aliphatic hydroxyl groups is 1. The standard InChI is InChI=1S/C20H24N4O5S2/c1-19(2)8-13(9-25)20(11-29-19,16-21-14(10-31-16)22-18(27)28)24-17(30)23-15(26)12-6-4-3-5-7-12/h3-7,10,13,22,25H,8-9,11H2,1-2H3,(H,27,28)(H2,23,24,26,30)/t13-,20-/m0/s1. The Kier molecular flexibility index (Phi) is 6.90. The molecule has 1 aliphatic rings. The lowest BCUT2D eigenvalue weighted by Crippen LogP contribution is -2.62. The number of carbonyl (C=O) groups excluding carboxylic acids is 1. The summed E-state index contributed by atoms with van der Waals surface area (Å²) in [6.45, 7) is 3.78. The number of thiazole rings is 1. The van der Waals surface area contributed by atoms with Gasteiger partial charge >= 0.3 is 6.09 Å². The lowest BCUT2D eigenvalue weighted by molar-refractivity contribution is -0.129. The molecule has 1 fully saturated rings. The van der Waals surface area contributed by atoms with Gasteiger partial charge in [0.2, 0.25) is 0 Å². The molecule has 1 aliphatic heterocycles. The van der Waals surface area contributed by atoms with E-state index in [1.807, 2.05) is 13.8 Å². The van der Waals surface area contributed by atoms with Crippen molar-refractivity contribution in [3.63, 3.8) is 0 Å². The summed E-state index contributed by atoms with van der Waals surface area (Å²) in [6, 6.07) is 8.64. The average Bonchev–Trinajstić information content (AvgIpc) is 3.18. The van der Waals surface area contributed by atoms with E-state index in [0.29, 0.717) is 17.0 Å². The smallest absolute Gasteiger partial charge is 0.410 e. The van der Waals surface area contributed by atoms with Crippen molar-refractivity contribution < 1.29 is 24.5 Å². The van der Waals surface area contributed by atoms with Crippen molar-refractivity contribution in [2.45, 2.75) is 31.4 Å². The normalized spacial score (nSPS) is 22.4. The molecule has 0 aliphatic carbocycles. The number of aromatic nitrogens is 1. The molecule has 166 valence electrons. The van der Waals surface area contributed by atoms with Crippen LogP contribution in [0.2, 0.25) is 0 Å². The first-order chi connectivity index (χ1) is 14.6. The number of aliphatic hydroxyl groups excluding tert-OH is 1. The maximum absolute atomic E-state index is 12.5. The Balaban J connectivity index is 1.89. The number of thiocarbonyl (C=S) groups is 1. The van der Waals surface area contributed by atoms with Gasteiger partial charge in [-0.15, -0.1) is 11.3 Å². The van der Waals surface area contributed by atoms with Crippen molar-refractivity contribution >= 4 is 46.5 Å². The zero-order chi connectivity index (χ0) is 22.6. The fourth-order valence-corrected chi connectivity index (χ4v) is 4.79. The van der Waals surface area contributed by atoms with Gasteiger partial charge in [-0.2, -0.15) is 0 Å². The molecule has 1 aromatic heterocycles. The predicted octanol–water partition coefficient (Wildman–Crippen LogP) is 2.54. The summed E-state index contributed by atoms with van der Waals surface area (Å²) in [4.78, 5) is 27.9. The number of nitrogens with zero attached hydrogens (tertiary/aromatic N) is 1. The molecule has 0 saturated carbocycles. The van der Waals surface area contributed by atoms with Crippen LogP contribution in [0.1, 0.15) is 35.6 Å². The number of hydrogen-bond donors (Lipinski definition) is 5. The van der Waals surface area contributed by atoms with Crippen LogP contribution >= 0.6 is 23.6 Å². The lowest BCUT2D eigenvalue weighted by atomic mass is 9.76. The highest BCUT2D eigenvalue weighted by molar-refractivity contribution is 7.80. The number of carboxylic acid groups (broad SMARTS) is 1. The molecule has 11 heteroatoms. The Morgan fingerprint density at radius 2 is 2.03 bits per heavy atom. The minimum atomic E-state index is -1.23. The molecule has 3 rings (SSSR count). The number of anilines is 1. The summed E-state index contributed by atoms with van der Waals surface area (Å²) in [5.74, 6) is -0.570. The number of amides is 2. The molecule has 0 bridgehead atoms. The van der Waals surface area contributed by atoms with E-state index in [9.17, 15) is 14.7 Å². The molecule has 1 saturated heterocycles. The maximum atomic E-state index is 12.5. The quantitative estimate of drug-likeness (QED) is 0.427. The van der Waals surface area contributed by atoms with Crippen molar-refractivity contribution in [2.24, 2.45) is 5.92 Å². The molecule has 5 N–H and O–H groups in total. The van der Waals surface area contributed by atoms with E-state index in [-0.39, 0.29) is 36.0 Å². The van der Waals surface area contributed by atoms with Gasteiger partial charge in [-0.05, 0) is 44.6 Å².